The zero-order valence-corrected chi connectivity index (χ0v) is 17.5. The van der Waals surface area contributed by atoms with Crippen LogP contribution in [0.4, 0.5) is 0 Å². The van der Waals surface area contributed by atoms with Gasteiger partial charge in [-0.3, -0.25) is 19.2 Å². The van der Waals surface area contributed by atoms with Crippen LogP contribution < -0.4 is 5.32 Å². The number of rotatable bonds is 12. The molecule has 1 amide bonds. The second kappa shape index (κ2) is 13.1. The molecule has 10 heteroatoms. The molecule has 0 spiro atoms. The van der Waals surface area contributed by atoms with Gasteiger partial charge in [0.05, 0.1) is 12.1 Å². The number of carbonyl (C=O) groups is 4. The molecular formula is C18H31NO9. The molecule has 0 aromatic carbocycles. The molecule has 0 aliphatic heterocycles. The number of hydrogen-bond acceptors (Lipinski definition) is 9. The van der Waals surface area contributed by atoms with Gasteiger partial charge in [-0.25, -0.2) is 0 Å². The van der Waals surface area contributed by atoms with Crippen LogP contribution >= 0.6 is 0 Å². The Bertz CT molecular complexity index is 535. The summed E-state index contributed by atoms with van der Waals surface area (Å²) >= 11 is 0. The standard InChI is InChI=1S/C18H31NO9/c1-10(2)26-18(11(3)19-12(4)20)28-17(9-25-14(6)22)16(27-15(7)23)8-24-13(5)21/h10-11,16-18H,8-9H2,1-7H3,(H,19,20)/t11-,16-,17?,18+/m0/s1. The van der Waals surface area contributed by atoms with Gasteiger partial charge < -0.3 is 29.0 Å². The molecular weight excluding hydrogens is 374 g/mol. The number of hydrogen-bond donors (Lipinski definition) is 1. The van der Waals surface area contributed by atoms with Gasteiger partial charge in [-0.05, 0) is 20.8 Å². The zero-order chi connectivity index (χ0) is 21.9. The van der Waals surface area contributed by atoms with E-state index in [4.69, 9.17) is 23.7 Å². The van der Waals surface area contributed by atoms with E-state index in [2.05, 4.69) is 5.32 Å². The number of amides is 1. The van der Waals surface area contributed by atoms with Crippen molar-refractivity contribution in [1.29, 1.82) is 0 Å². The van der Waals surface area contributed by atoms with Crippen LogP contribution in [0.15, 0.2) is 0 Å². The summed E-state index contributed by atoms with van der Waals surface area (Å²) in [5.74, 6) is -2.07. The molecule has 0 aliphatic carbocycles. The Kier molecular flexibility index (Phi) is 12.0. The van der Waals surface area contributed by atoms with E-state index in [1.54, 1.807) is 20.8 Å². The van der Waals surface area contributed by atoms with Crippen LogP contribution in [0.5, 0.6) is 0 Å². The molecule has 28 heavy (non-hydrogen) atoms. The molecule has 0 rings (SSSR count). The van der Waals surface area contributed by atoms with E-state index in [-0.39, 0.29) is 25.2 Å². The van der Waals surface area contributed by atoms with Crippen molar-refractivity contribution < 1.29 is 42.9 Å². The molecule has 0 saturated heterocycles. The van der Waals surface area contributed by atoms with Crippen LogP contribution in [-0.2, 0) is 42.9 Å². The van der Waals surface area contributed by atoms with Crippen molar-refractivity contribution in [2.24, 2.45) is 0 Å². The second-order valence-corrected chi connectivity index (χ2v) is 6.47. The van der Waals surface area contributed by atoms with Gasteiger partial charge in [-0.1, -0.05) is 0 Å². The van der Waals surface area contributed by atoms with Crippen molar-refractivity contribution in [2.75, 3.05) is 13.2 Å². The summed E-state index contributed by atoms with van der Waals surface area (Å²) < 4.78 is 26.7. The molecule has 0 fully saturated rings. The van der Waals surface area contributed by atoms with Crippen LogP contribution in [0.1, 0.15) is 48.5 Å². The Morgan fingerprint density at radius 3 is 1.64 bits per heavy atom. The maximum absolute atomic E-state index is 11.5. The van der Waals surface area contributed by atoms with Gasteiger partial charge in [-0.2, -0.15) is 0 Å². The highest BCUT2D eigenvalue weighted by atomic mass is 16.7. The normalized spacial score (nSPS) is 15.1. The summed E-state index contributed by atoms with van der Waals surface area (Å²) in [6.45, 7) is 9.60. The molecule has 4 atom stereocenters. The number of nitrogens with one attached hydrogen (secondary N) is 1. The predicted molar refractivity (Wildman–Crippen MR) is 97.0 cm³/mol. The molecule has 0 aromatic heterocycles. The lowest BCUT2D eigenvalue weighted by Gasteiger charge is -2.33. The van der Waals surface area contributed by atoms with Crippen LogP contribution in [0.3, 0.4) is 0 Å². The van der Waals surface area contributed by atoms with Crippen LogP contribution in [0, 0.1) is 0 Å². The minimum absolute atomic E-state index is 0.253. The topological polar surface area (TPSA) is 126 Å². The average molecular weight is 405 g/mol. The van der Waals surface area contributed by atoms with Crippen LogP contribution in [0.2, 0.25) is 0 Å². The Hall–Kier alpha value is -2.20. The fourth-order valence-corrected chi connectivity index (χ4v) is 2.16. The highest BCUT2D eigenvalue weighted by molar-refractivity contribution is 5.73. The Morgan fingerprint density at radius 1 is 0.750 bits per heavy atom. The summed E-state index contributed by atoms with van der Waals surface area (Å²) in [4.78, 5) is 45.3. The lowest BCUT2D eigenvalue weighted by molar-refractivity contribution is -0.233. The van der Waals surface area contributed by atoms with Crippen molar-refractivity contribution >= 4 is 23.8 Å². The Balaban J connectivity index is 5.55. The summed E-state index contributed by atoms with van der Waals surface area (Å²) in [5, 5.41) is 2.66. The Labute approximate surface area is 165 Å². The van der Waals surface area contributed by atoms with Crippen molar-refractivity contribution in [1.82, 2.24) is 5.32 Å². The maximum atomic E-state index is 11.5. The fraction of sp³-hybridized carbons (Fsp3) is 0.778. The number of esters is 3. The molecule has 0 aliphatic rings. The minimum Gasteiger partial charge on any atom is -0.463 e. The first-order chi connectivity index (χ1) is 12.9. The third kappa shape index (κ3) is 12.2. The van der Waals surface area contributed by atoms with E-state index >= 15 is 0 Å². The van der Waals surface area contributed by atoms with E-state index < -0.39 is 42.4 Å². The van der Waals surface area contributed by atoms with Gasteiger partial charge in [0.2, 0.25) is 5.91 Å². The van der Waals surface area contributed by atoms with Crippen molar-refractivity contribution in [3.63, 3.8) is 0 Å². The minimum atomic E-state index is -1.05. The first kappa shape index (κ1) is 25.8. The van der Waals surface area contributed by atoms with Gasteiger partial charge in [0, 0.05) is 27.7 Å². The van der Waals surface area contributed by atoms with Crippen molar-refractivity contribution in [3.05, 3.63) is 0 Å². The summed E-state index contributed by atoms with van der Waals surface area (Å²) in [7, 11) is 0. The first-order valence-corrected chi connectivity index (χ1v) is 8.94. The molecule has 0 aromatic rings. The highest BCUT2D eigenvalue weighted by Crippen LogP contribution is 2.15. The van der Waals surface area contributed by atoms with Gasteiger partial charge in [0.1, 0.15) is 19.3 Å². The van der Waals surface area contributed by atoms with E-state index in [0.717, 1.165) is 0 Å². The van der Waals surface area contributed by atoms with E-state index in [9.17, 15) is 19.2 Å². The number of carbonyl (C=O) groups excluding carboxylic acids is 4. The summed E-state index contributed by atoms with van der Waals surface area (Å²) in [5.41, 5.74) is 0. The van der Waals surface area contributed by atoms with Gasteiger partial charge in [0.25, 0.3) is 0 Å². The fourth-order valence-electron chi connectivity index (χ4n) is 2.16. The van der Waals surface area contributed by atoms with Crippen molar-refractivity contribution in [2.45, 2.75) is 79.1 Å². The lowest BCUT2D eigenvalue weighted by atomic mass is 10.2. The third-order valence-electron chi connectivity index (χ3n) is 3.19. The zero-order valence-electron chi connectivity index (χ0n) is 17.5. The highest BCUT2D eigenvalue weighted by Gasteiger charge is 2.33. The monoisotopic (exact) mass is 405 g/mol. The van der Waals surface area contributed by atoms with Gasteiger partial charge in [-0.15, -0.1) is 0 Å². The molecule has 0 saturated carbocycles. The molecule has 1 N–H and O–H groups in total. The molecule has 1 unspecified atom stereocenters. The maximum Gasteiger partial charge on any atom is 0.303 e. The van der Waals surface area contributed by atoms with Crippen molar-refractivity contribution in [3.8, 4) is 0 Å². The second-order valence-electron chi connectivity index (χ2n) is 6.47. The molecule has 0 radical (unpaired) electrons. The summed E-state index contributed by atoms with van der Waals surface area (Å²) in [6.07, 6.45) is -3.26. The molecule has 0 heterocycles. The largest absolute Gasteiger partial charge is 0.463 e. The average Bonchev–Trinajstić information content (AvgIpc) is 2.52. The molecule has 162 valence electrons. The SMILES string of the molecule is CC(=O)N[C@@H](C)[C@H](OC(C)C)OC(COC(C)=O)[C@H](COC(C)=O)OC(C)=O. The van der Waals surface area contributed by atoms with Crippen LogP contribution in [-0.4, -0.2) is 67.7 Å². The first-order valence-electron chi connectivity index (χ1n) is 8.94. The van der Waals surface area contributed by atoms with Crippen LogP contribution in [0.25, 0.3) is 0 Å². The van der Waals surface area contributed by atoms with Gasteiger partial charge >= 0.3 is 17.9 Å². The number of ether oxygens (including phenoxy) is 5. The predicted octanol–water partition coefficient (Wildman–Crippen LogP) is 0.705. The molecule has 0 bridgehead atoms. The lowest BCUT2D eigenvalue weighted by Crippen LogP contribution is -2.50. The van der Waals surface area contributed by atoms with Gasteiger partial charge in [0.15, 0.2) is 12.4 Å². The quantitative estimate of drug-likeness (QED) is 0.284. The third-order valence-corrected chi connectivity index (χ3v) is 3.19. The summed E-state index contributed by atoms with van der Waals surface area (Å²) in [6, 6.07) is -0.563. The van der Waals surface area contributed by atoms with E-state index in [1.165, 1.54) is 27.7 Å². The molecule has 10 nitrogen and oxygen atoms in total. The van der Waals surface area contributed by atoms with E-state index in [1.807, 2.05) is 0 Å². The Morgan fingerprint density at radius 2 is 1.25 bits per heavy atom. The smallest absolute Gasteiger partial charge is 0.303 e. The van der Waals surface area contributed by atoms with E-state index in [0.29, 0.717) is 0 Å².